The summed E-state index contributed by atoms with van der Waals surface area (Å²) in [6.45, 7) is 5.60. The maximum absolute atomic E-state index is 3.51. The molecule has 0 heterocycles. The number of allylic oxidation sites excluding steroid dienone is 1. The fourth-order valence-corrected chi connectivity index (χ4v) is 0.534. The zero-order valence-electron chi connectivity index (χ0n) is 7.38. The average Bonchev–Trinajstić information content (AvgIpc) is 2.07. The molecule has 1 heteroatoms. The summed E-state index contributed by atoms with van der Waals surface area (Å²) in [5.74, 6) is 0. The van der Waals surface area contributed by atoms with E-state index in [2.05, 4.69) is 25.6 Å². The Morgan fingerprint density at radius 2 is 1.82 bits per heavy atom. The van der Waals surface area contributed by atoms with Gasteiger partial charge in [-0.25, -0.2) is 0 Å². The average molecular weight is 164 g/mol. The second-order valence-corrected chi connectivity index (χ2v) is 3.17. The van der Waals surface area contributed by atoms with Crippen LogP contribution in [0.1, 0.15) is 5.56 Å². The van der Waals surface area contributed by atoms with Gasteiger partial charge in [-0.1, -0.05) is 42.0 Å². The molecule has 0 nitrogen and oxygen atoms in total. The second kappa shape index (κ2) is 7.29. The minimum Gasteiger partial charge on any atom is -0.103 e. The first kappa shape index (κ1) is 10.2. The molecule has 0 saturated heterocycles. The number of benzene rings is 1. The van der Waals surface area contributed by atoms with Crippen molar-refractivity contribution in [2.45, 2.75) is 13.0 Å². The second-order valence-electron chi connectivity index (χ2n) is 2.35. The van der Waals surface area contributed by atoms with E-state index in [0.717, 1.165) is 0 Å². The predicted octanol–water partition coefficient (Wildman–Crippen LogP) is 1.95. The van der Waals surface area contributed by atoms with Crippen molar-refractivity contribution in [2.75, 3.05) is 0 Å². The predicted molar refractivity (Wildman–Crippen MR) is 56.1 cm³/mol. The van der Waals surface area contributed by atoms with E-state index in [1.807, 2.05) is 24.3 Å². The highest BCUT2D eigenvalue weighted by Gasteiger charge is 1.72. The van der Waals surface area contributed by atoms with Gasteiger partial charge in [0.25, 0.3) is 0 Å². The van der Waals surface area contributed by atoms with Crippen molar-refractivity contribution >= 4 is 10.2 Å². The highest BCUT2D eigenvalue weighted by molar-refractivity contribution is 6.09. The molecule has 0 spiro atoms. The minimum atomic E-state index is 1.22. The quantitative estimate of drug-likeness (QED) is 0.439. The molecular weight excluding hydrogens is 148 g/mol. The first-order valence-corrected chi connectivity index (χ1v) is 5.35. The van der Waals surface area contributed by atoms with Crippen LogP contribution in [0.2, 0.25) is 6.04 Å². The molecule has 0 aliphatic rings. The summed E-state index contributed by atoms with van der Waals surface area (Å²) in [7, 11) is 1.27. The van der Waals surface area contributed by atoms with E-state index >= 15 is 0 Å². The summed E-state index contributed by atoms with van der Waals surface area (Å²) in [4.78, 5) is 0. The third-order valence-corrected chi connectivity index (χ3v) is 1.81. The summed E-state index contributed by atoms with van der Waals surface area (Å²) < 4.78 is 0. The fraction of sp³-hybridized carbons (Fsp3) is 0.200. The van der Waals surface area contributed by atoms with Crippen LogP contribution in [0.25, 0.3) is 0 Å². The normalized spacial score (nSPS) is 8.09. The number of aryl methyl sites for hydroxylation is 1. The van der Waals surface area contributed by atoms with Gasteiger partial charge >= 0.3 is 0 Å². The lowest BCUT2D eigenvalue weighted by atomic mass is 10.2. The standard InChI is InChI=1S/C7H8.C3H8Si/c1-7-5-3-2-4-6-7;1-2-3-4/h2-6H,1H3;2H,1,3H2,4H3. The van der Waals surface area contributed by atoms with Gasteiger partial charge in [0.05, 0.1) is 0 Å². The van der Waals surface area contributed by atoms with Gasteiger partial charge in [-0.2, -0.15) is 0 Å². The maximum atomic E-state index is 3.51. The summed E-state index contributed by atoms with van der Waals surface area (Å²) >= 11 is 0. The third-order valence-electron chi connectivity index (χ3n) is 1.23. The van der Waals surface area contributed by atoms with E-state index in [9.17, 15) is 0 Å². The molecule has 1 rings (SSSR count). The zero-order valence-corrected chi connectivity index (χ0v) is 9.38. The van der Waals surface area contributed by atoms with Gasteiger partial charge in [0.15, 0.2) is 0 Å². The molecule has 1 aromatic rings. The van der Waals surface area contributed by atoms with Crippen molar-refractivity contribution < 1.29 is 0 Å². The van der Waals surface area contributed by atoms with Crippen molar-refractivity contribution in [3.8, 4) is 0 Å². The van der Waals surface area contributed by atoms with Crippen LogP contribution in [-0.2, 0) is 0 Å². The number of hydrogen-bond acceptors (Lipinski definition) is 0. The maximum Gasteiger partial charge on any atom is 0.00753 e. The van der Waals surface area contributed by atoms with Crippen LogP contribution in [0, 0.1) is 6.92 Å². The molecule has 0 aromatic heterocycles. The van der Waals surface area contributed by atoms with Crippen LogP contribution in [0.15, 0.2) is 43.0 Å². The van der Waals surface area contributed by atoms with E-state index in [1.54, 1.807) is 0 Å². The molecule has 0 aliphatic heterocycles. The number of rotatable bonds is 1. The largest absolute Gasteiger partial charge is 0.103 e. The van der Waals surface area contributed by atoms with Crippen molar-refractivity contribution in [2.24, 2.45) is 0 Å². The minimum absolute atomic E-state index is 1.22. The van der Waals surface area contributed by atoms with Gasteiger partial charge in [-0.05, 0) is 13.0 Å². The summed E-state index contributed by atoms with van der Waals surface area (Å²) in [6, 6.07) is 11.5. The molecule has 0 unspecified atom stereocenters. The molecule has 0 saturated carbocycles. The first-order valence-electron chi connectivity index (χ1n) is 3.93. The van der Waals surface area contributed by atoms with Crippen molar-refractivity contribution in [1.82, 2.24) is 0 Å². The highest BCUT2D eigenvalue weighted by Crippen LogP contribution is 1.92. The lowest BCUT2D eigenvalue weighted by molar-refractivity contribution is 1.48. The Bertz CT molecular complexity index is 179. The van der Waals surface area contributed by atoms with E-state index in [1.165, 1.54) is 21.9 Å². The zero-order chi connectivity index (χ0) is 8.53. The fourth-order valence-electron chi connectivity index (χ4n) is 0.534. The van der Waals surface area contributed by atoms with Crippen LogP contribution >= 0.6 is 0 Å². The molecule has 0 N–H and O–H groups in total. The summed E-state index contributed by atoms with van der Waals surface area (Å²) in [5, 5.41) is 0. The topological polar surface area (TPSA) is 0 Å². The lowest BCUT2D eigenvalue weighted by Crippen LogP contribution is -1.62. The molecule has 1 aromatic carbocycles. The molecule has 0 radical (unpaired) electrons. The Morgan fingerprint density at radius 3 is 2.00 bits per heavy atom. The summed E-state index contributed by atoms with van der Waals surface area (Å²) in [5.41, 5.74) is 1.32. The Morgan fingerprint density at radius 1 is 1.36 bits per heavy atom. The number of hydrogen-bond donors (Lipinski definition) is 0. The summed E-state index contributed by atoms with van der Waals surface area (Å²) in [6.07, 6.45) is 1.94. The lowest BCUT2D eigenvalue weighted by Gasteiger charge is -1.82. The Hall–Kier alpha value is -0.823. The van der Waals surface area contributed by atoms with E-state index in [4.69, 9.17) is 0 Å². The Balaban J connectivity index is 0.000000218. The molecule has 0 bridgehead atoms. The van der Waals surface area contributed by atoms with Gasteiger partial charge in [0.1, 0.15) is 0 Å². The van der Waals surface area contributed by atoms with Crippen LogP contribution in [0.4, 0.5) is 0 Å². The van der Waals surface area contributed by atoms with E-state index in [-0.39, 0.29) is 0 Å². The molecule has 0 fully saturated rings. The molecule has 0 amide bonds. The SMILES string of the molecule is C=CC[SiH3].Cc1ccccc1. The van der Waals surface area contributed by atoms with E-state index in [0.29, 0.717) is 0 Å². The first-order chi connectivity index (χ1) is 5.31. The molecule has 0 aliphatic carbocycles. The van der Waals surface area contributed by atoms with Crippen molar-refractivity contribution in [3.05, 3.63) is 48.6 Å². The van der Waals surface area contributed by atoms with Crippen LogP contribution in [0.5, 0.6) is 0 Å². The monoisotopic (exact) mass is 164 g/mol. The molecule has 11 heavy (non-hydrogen) atoms. The third kappa shape index (κ3) is 7.07. The van der Waals surface area contributed by atoms with Gasteiger partial charge in [-0.15, -0.1) is 6.58 Å². The molecule has 0 atom stereocenters. The van der Waals surface area contributed by atoms with Gasteiger partial charge in [0.2, 0.25) is 0 Å². The van der Waals surface area contributed by atoms with Crippen LogP contribution < -0.4 is 0 Å². The molecular formula is C10H16Si. The smallest absolute Gasteiger partial charge is 0.00753 e. The van der Waals surface area contributed by atoms with E-state index < -0.39 is 0 Å². The van der Waals surface area contributed by atoms with Crippen LogP contribution in [0.3, 0.4) is 0 Å². The Labute approximate surface area is 72.4 Å². The van der Waals surface area contributed by atoms with Gasteiger partial charge in [0, 0.05) is 10.2 Å². The van der Waals surface area contributed by atoms with Crippen LogP contribution in [-0.4, -0.2) is 10.2 Å². The Kier molecular flexibility index (Phi) is 6.74. The van der Waals surface area contributed by atoms with Crippen molar-refractivity contribution in [3.63, 3.8) is 0 Å². The van der Waals surface area contributed by atoms with Gasteiger partial charge < -0.3 is 0 Å². The molecule has 60 valence electrons. The van der Waals surface area contributed by atoms with Crippen molar-refractivity contribution in [1.29, 1.82) is 0 Å². The highest BCUT2D eigenvalue weighted by atomic mass is 28.1. The van der Waals surface area contributed by atoms with Gasteiger partial charge in [-0.3, -0.25) is 0 Å².